The Morgan fingerprint density at radius 1 is 1.38 bits per heavy atom. The van der Waals surface area contributed by atoms with Crippen LogP contribution >= 0.6 is 0 Å². The van der Waals surface area contributed by atoms with Gasteiger partial charge in [0.25, 0.3) is 0 Å². The van der Waals surface area contributed by atoms with Crippen LogP contribution in [0.25, 0.3) is 0 Å². The number of hydrogen-bond donors (Lipinski definition) is 2. The minimum Gasteiger partial charge on any atom is -0.480 e. The minimum absolute atomic E-state index is 0.145. The van der Waals surface area contributed by atoms with Crippen molar-refractivity contribution in [1.29, 1.82) is 0 Å². The first kappa shape index (κ1) is 13.0. The van der Waals surface area contributed by atoms with Gasteiger partial charge >= 0.3 is 5.97 Å². The highest BCUT2D eigenvalue weighted by Crippen LogP contribution is 2.28. The summed E-state index contributed by atoms with van der Waals surface area (Å²) in [4.78, 5) is 21.9. The Balaban J connectivity index is 2.07. The van der Waals surface area contributed by atoms with E-state index in [0.717, 1.165) is 18.8 Å². The second kappa shape index (κ2) is 6.51. The summed E-state index contributed by atoms with van der Waals surface area (Å²) in [5, 5.41) is 11.1. The minimum atomic E-state index is -0.982. The molecule has 0 saturated heterocycles. The van der Waals surface area contributed by atoms with E-state index in [-0.39, 0.29) is 5.91 Å². The molecule has 0 aliphatic heterocycles. The van der Waals surface area contributed by atoms with E-state index in [9.17, 15) is 9.59 Å². The van der Waals surface area contributed by atoms with Gasteiger partial charge in [0.15, 0.2) is 0 Å². The second-order valence-corrected chi connectivity index (χ2v) is 4.67. The molecule has 0 radical (unpaired) electrons. The van der Waals surface area contributed by atoms with E-state index in [1.54, 1.807) is 0 Å². The molecule has 16 heavy (non-hydrogen) atoms. The highest BCUT2D eigenvalue weighted by Gasteiger charge is 2.16. The van der Waals surface area contributed by atoms with Gasteiger partial charge in [-0.05, 0) is 25.7 Å². The number of hydrogen-bond acceptors (Lipinski definition) is 2. The molecule has 1 fully saturated rings. The van der Waals surface area contributed by atoms with Crippen LogP contribution in [-0.4, -0.2) is 23.0 Å². The molecule has 1 rings (SSSR count). The molecule has 1 saturated carbocycles. The normalized spacial score (nSPS) is 18.3. The quantitative estimate of drug-likeness (QED) is 0.728. The molecule has 0 unspecified atom stereocenters. The molecule has 0 bridgehead atoms. The van der Waals surface area contributed by atoms with Gasteiger partial charge in [0.1, 0.15) is 6.04 Å². The lowest BCUT2D eigenvalue weighted by molar-refractivity contribution is -0.141. The fourth-order valence-corrected chi connectivity index (χ4v) is 2.23. The lowest BCUT2D eigenvalue weighted by atomic mass is 10.0. The topological polar surface area (TPSA) is 66.4 Å². The number of carboxylic acid groups (broad SMARTS) is 1. The fraction of sp³-hybridized carbons (Fsp3) is 0.833. The molecule has 1 amide bonds. The van der Waals surface area contributed by atoms with E-state index >= 15 is 0 Å². The van der Waals surface area contributed by atoms with E-state index in [2.05, 4.69) is 5.32 Å². The molecule has 0 aromatic heterocycles. The molecule has 1 atom stereocenters. The molecule has 4 nitrogen and oxygen atoms in total. The first-order chi connectivity index (χ1) is 7.59. The van der Waals surface area contributed by atoms with Gasteiger partial charge in [-0.1, -0.05) is 25.7 Å². The van der Waals surface area contributed by atoms with Crippen LogP contribution < -0.4 is 5.32 Å². The van der Waals surface area contributed by atoms with Crippen molar-refractivity contribution in [3.63, 3.8) is 0 Å². The van der Waals surface area contributed by atoms with Crippen LogP contribution in [0.3, 0.4) is 0 Å². The maximum atomic E-state index is 11.4. The first-order valence-electron chi connectivity index (χ1n) is 6.11. The monoisotopic (exact) mass is 227 g/mol. The molecule has 4 heteroatoms. The summed E-state index contributed by atoms with van der Waals surface area (Å²) in [6, 6.07) is -0.779. The maximum Gasteiger partial charge on any atom is 0.325 e. The van der Waals surface area contributed by atoms with Crippen molar-refractivity contribution >= 4 is 11.9 Å². The number of carboxylic acids is 1. The highest BCUT2D eigenvalue weighted by molar-refractivity contribution is 5.83. The molecule has 0 aromatic carbocycles. The summed E-state index contributed by atoms with van der Waals surface area (Å²) in [5.74, 6) is -0.332. The van der Waals surface area contributed by atoms with Crippen LogP contribution in [0.15, 0.2) is 0 Å². The van der Waals surface area contributed by atoms with E-state index in [0.29, 0.717) is 6.42 Å². The van der Waals surface area contributed by atoms with Crippen LogP contribution in [0, 0.1) is 5.92 Å². The Hall–Kier alpha value is -1.06. The zero-order valence-electron chi connectivity index (χ0n) is 9.87. The average Bonchev–Trinajstić information content (AvgIpc) is 2.70. The van der Waals surface area contributed by atoms with Gasteiger partial charge in [0.05, 0.1) is 0 Å². The van der Waals surface area contributed by atoms with Gasteiger partial charge in [-0.2, -0.15) is 0 Å². The second-order valence-electron chi connectivity index (χ2n) is 4.67. The van der Waals surface area contributed by atoms with Crippen LogP contribution in [-0.2, 0) is 9.59 Å². The molecule has 0 heterocycles. The fourth-order valence-electron chi connectivity index (χ4n) is 2.23. The van der Waals surface area contributed by atoms with Crippen molar-refractivity contribution in [1.82, 2.24) is 5.32 Å². The molecular weight excluding hydrogens is 206 g/mol. The summed E-state index contributed by atoms with van der Waals surface area (Å²) >= 11 is 0. The molecule has 92 valence electrons. The summed E-state index contributed by atoms with van der Waals surface area (Å²) in [7, 11) is 0. The van der Waals surface area contributed by atoms with Crippen molar-refractivity contribution in [2.24, 2.45) is 5.92 Å². The van der Waals surface area contributed by atoms with E-state index in [1.807, 2.05) is 0 Å². The predicted molar refractivity (Wildman–Crippen MR) is 61.0 cm³/mol. The number of rotatable bonds is 6. The van der Waals surface area contributed by atoms with E-state index < -0.39 is 12.0 Å². The van der Waals surface area contributed by atoms with Gasteiger partial charge in [0.2, 0.25) is 5.91 Å². The zero-order chi connectivity index (χ0) is 12.0. The summed E-state index contributed by atoms with van der Waals surface area (Å²) in [6.07, 6.45) is 7.69. The van der Waals surface area contributed by atoms with Gasteiger partial charge in [0, 0.05) is 6.42 Å². The van der Waals surface area contributed by atoms with Crippen LogP contribution in [0.5, 0.6) is 0 Å². The van der Waals surface area contributed by atoms with Crippen LogP contribution in [0.2, 0.25) is 0 Å². The molecule has 2 N–H and O–H groups in total. The molecule has 1 aliphatic carbocycles. The summed E-state index contributed by atoms with van der Waals surface area (Å²) < 4.78 is 0. The van der Waals surface area contributed by atoms with Crippen LogP contribution in [0.1, 0.15) is 51.9 Å². The number of aliphatic carboxylic acids is 1. The summed E-state index contributed by atoms with van der Waals surface area (Å²) in [6.45, 7) is 1.48. The lowest BCUT2D eigenvalue weighted by Gasteiger charge is -2.10. The Bertz CT molecular complexity index is 247. The molecule has 0 aromatic rings. The van der Waals surface area contributed by atoms with Gasteiger partial charge < -0.3 is 10.4 Å². The van der Waals surface area contributed by atoms with E-state index in [4.69, 9.17) is 5.11 Å². The van der Waals surface area contributed by atoms with Crippen molar-refractivity contribution in [3.8, 4) is 0 Å². The van der Waals surface area contributed by atoms with Crippen molar-refractivity contribution in [2.45, 2.75) is 57.9 Å². The molecule has 0 spiro atoms. The number of carbonyl (C=O) groups excluding carboxylic acids is 1. The Morgan fingerprint density at radius 2 is 2.00 bits per heavy atom. The summed E-state index contributed by atoms with van der Waals surface area (Å²) in [5.41, 5.74) is 0. The first-order valence-corrected chi connectivity index (χ1v) is 6.11. The Labute approximate surface area is 96.4 Å². The highest BCUT2D eigenvalue weighted by atomic mass is 16.4. The van der Waals surface area contributed by atoms with Crippen molar-refractivity contribution < 1.29 is 14.7 Å². The lowest BCUT2D eigenvalue weighted by Crippen LogP contribution is -2.38. The standard InChI is InChI=1S/C12H21NO3/c1-9(12(15)16)13-11(14)8-4-7-10-5-2-3-6-10/h9-10H,2-8H2,1H3,(H,13,14)(H,15,16)/t9-/m1/s1. The molecule has 1 aliphatic rings. The third-order valence-electron chi connectivity index (χ3n) is 3.24. The van der Waals surface area contributed by atoms with Gasteiger partial charge in [-0.25, -0.2) is 0 Å². The number of amides is 1. The van der Waals surface area contributed by atoms with Crippen molar-refractivity contribution in [2.75, 3.05) is 0 Å². The SMILES string of the molecule is C[C@@H](NC(=O)CCCC1CCCC1)C(=O)O. The molecular formula is C12H21NO3. The van der Waals surface area contributed by atoms with E-state index in [1.165, 1.54) is 32.6 Å². The van der Waals surface area contributed by atoms with Crippen LogP contribution in [0.4, 0.5) is 0 Å². The third-order valence-corrected chi connectivity index (χ3v) is 3.24. The number of carbonyl (C=O) groups is 2. The third kappa shape index (κ3) is 4.64. The smallest absolute Gasteiger partial charge is 0.325 e. The van der Waals surface area contributed by atoms with Crippen molar-refractivity contribution in [3.05, 3.63) is 0 Å². The zero-order valence-corrected chi connectivity index (χ0v) is 9.87. The van der Waals surface area contributed by atoms with Gasteiger partial charge in [-0.15, -0.1) is 0 Å². The number of nitrogens with one attached hydrogen (secondary N) is 1. The Kier molecular flexibility index (Phi) is 5.29. The van der Waals surface area contributed by atoms with Gasteiger partial charge in [-0.3, -0.25) is 9.59 Å². The average molecular weight is 227 g/mol. The largest absolute Gasteiger partial charge is 0.480 e. The predicted octanol–water partition coefficient (Wildman–Crippen LogP) is 1.94. The maximum absolute atomic E-state index is 11.4. The Morgan fingerprint density at radius 3 is 2.56 bits per heavy atom.